The normalized spacial score (nSPS) is 22.0. The van der Waals surface area contributed by atoms with Gasteiger partial charge in [0.2, 0.25) is 5.89 Å². The van der Waals surface area contributed by atoms with Gasteiger partial charge in [-0.25, -0.2) is 0 Å². The van der Waals surface area contributed by atoms with Gasteiger partial charge in [-0.05, 0) is 38.2 Å². The molecule has 1 saturated heterocycles. The Morgan fingerprint density at radius 2 is 2.24 bits per heavy atom. The molecule has 0 spiro atoms. The van der Waals surface area contributed by atoms with Gasteiger partial charge in [0.15, 0.2) is 5.82 Å². The third-order valence-corrected chi connectivity index (χ3v) is 4.36. The van der Waals surface area contributed by atoms with E-state index in [1.54, 1.807) is 0 Å². The lowest BCUT2D eigenvalue weighted by atomic mass is 10.1. The molecule has 1 aliphatic carbocycles. The van der Waals surface area contributed by atoms with Crippen LogP contribution < -0.4 is 0 Å². The van der Waals surface area contributed by atoms with Gasteiger partial charge < -0.3 is 14.4 Å². The summed E-state index contributed by atoms with van der Waals surface area (Å²) < 4.78 is 5.23. The molecule has 110 valence electrons. The average molecular weight is 286 g/mol. The second-order valence-corrected chi connectivity index (χ2v) is 6.00. The van der Waals surface area contributed by atoms with Crippen molar-refractivity contribution in [1.82, 2.24) is 20.0 Å². The molecule has 6 heteroatoms. The molecule has 3 heterocycles. The summed E-state index contributed by atoms with van der Waals surface area (Å²) in [5.41, 5.74) is 1.94. The van der Waals surface area contributed by atoms with Crippen LogP contribution in [0.15, 0.2) is 16.8 Å². The van der Waals surface area contributed by atoms with Crippen LogP contribution in [0.5, 0.6) is 0 Å². The highest BCUT2D eigenvalue weighted by Gasteiger charge is 2.35. The number of amides is 1. The molecule has 21 heavy (non-hydrogen) atoms. The Morgan fingerprint density at radius 3 is 2.95 bits per heavy atom. The fourth-order valence-electron chi connectivity index (χ4n) is 3.07. The molecule has 0 radical (unpaired) electrons. The SMILES string of the molecule is Cc1noc(C2CCN(C(=O)c3cc[nH]c3C3CC3)C2)n1. The Labute approximate surface area is 122 Å². The third-order valence-electron chi connectivity index (χ3n) is 4.36. The number of aryl methyl sites for hydroxylation is 1. The van der Waals surface area contributed by atoms with Crippen molar-refractivity contribution >= 4 is 5.91 Å². The van der Waals surface area contributed by atoms with Gasteiger partial charge in [0.25, 0.3) is 5.91 Å². The van der Waals surface area contributed by atoms with Crippen LogP contribution in [0.25, 0.3) is 0 Å². The van der Waals surface area contributed by atoms with E-state index in [0.717, 1.165) is 24.2 Å². The maximum Gasteiger partial charge on any atom is 0.255 e. The number of hydrogen-bond acceptors (Lipinski definition) is 4. The van der Waals surface area contributed by atoms with Crippen LogP contribution in [-0.4, -0.2) is 39.0 Å². The first-order valence-electron chi connectivity index (χ1n) is 7.49. The maximum absolute atomic E-state index is 12.7. The summed E-state index contributed by atoms with van der Waals surface area (Å²) in [4.78, 5) is 22.1. The summed E-state index contributed by atoms with van der Waals surface area (Å²) in [6.45, 7) is 3.22. The fraction of sp³-hybridized carbons (Fsp3) is 0.533. The average Bonchev–Trinajstić information content (AvgIpc) is 2.94. The van der Waals surface area contributed by atoms with E-state index in [1.807, 2.05) is 24.1 Å². The number of hydrogen-bond donors (Lipinski definition) is 1. The van der Waals surface area contributed by atoms with Crippen molar-refractivity contribution in [2.75, 3.05) is 13.1 Å². The topological polar surface area (TPSA) is 75.0 Å². The van der Waals surface area contributed by atoms with Crippen LogP contribution in [0.1, 0.15) is 58.9 Å². The van der Waals surface area contributed by atoms with Crippen LogP contribution in [0.4, 0.5) is 0 Å². The van der Waals surface area contributed by atoms with E-state index in [-0.39, 0.29) is 11.8 Å². The number of H-pyrrole nitrogens is 1. The van der Waals surface area contributed by atoms with Gasteiger partial charge in [-0.1, -0.05) is 5.16 Å². The summed E-state index contributed by atoms with van der Waals surface area (Å²) in [7, 11) is 0. The Morgan fingerprint density at radius 1 is 1.38 bits per heavy atom. The number of carbonyl (C=O) groups excluding carboxylic acids is 1. The number of carbonyl (C=O) groups is 1. The number of nitrogens with zero attached hydrogens (tertiary/aromatic N) is 3. The second kappa shape index (κ2) is 4.72. The Balaban J connectivity index is 1.50. The smallest absolute Gasteiger partial charge is 0.255 e. The fourth-order valence-corrected chi connectivity index (χ4v) is 3.07. The summed E-state index contributed by atoms with van der Waals surface area (Å²) in [5, 5.41) is 3.83. The predicted octanol–water partition coefficient (Wildman–Crippen LogP) is 2.21. The van der Waals surface area contributed by atoms with Crippen molar-refractivity contribution in [2.24, 2.45) is 0 Å². The van der Waals surface area contributed by atoms with Crippen LogP contribution in [0.3, 0.4) is 0 Å². The second-order valence-electron chi connectivity index (χ2n) is 6.00. The molecule has 0 bridgehead atoms. The van der Waals surface area contributed by atoms with Crippen LogP contribution in [-0.2, 0) is 0 Å². The van der Waals surface area contributed by atoms with Crippen LogP contribution in [0.2, 0.25) is 0 Å². The van der Waals surface area contributed by atoms with E-state index in [1.165, 1.54) is 12.8 Å². The highest BCUT2D eigenvalue weighted by atomic mass is 16.5. The minimum absolute atomic E-state index is 0.122. The minimum Gasteiger partial charge on any atom is -0.364 e. The zero-order chi connectivity index (χ0) is 14.4. The van der Waals surface area contributed by atoms with Gasteiger partial charge in [-0.3, -0.25) is 4.79 Å². The lowest BCUT2D eigenvalue weighted by Crippen LogP contribution is -2.28. The van der Waals surface area contributed by atoms with E-state index in [0.29, 0.717) is 24.2 Å². The summed E-state index contributed by atoms with van der Waals surface area (Å²) in [5.74, 6) is 2.14. The number of aromatic amines is 1. The van der Waals surface area contributed by atoms with Gasteiger partial charge in [0, 0.05) is 25.0 Å². The van der Waals surface area contributed by atoms with Gasteiger partial charge in [0.1, 0.15) is 0 Å². The number of aromatic nitrogens is 3. The predicted molar refractivity (Wildman–Crippen MR) is 75.1 cm³/mol. The third kappa shape index (κ3) is 2.24. The first-order valence-corrected chi connectivity index (χ1v) is 7.49. The standard InChI is InChI=1S/C15H18N4O2/c1-9-17-14(21-18-9)11-5-7-19(8-11)15(20)12-4-6-16-13(12)10-2-3-10/h4,6,10-11,16H,2-3,5,7-8H2,1H3. The molecule has 2 aromatic rings. The number of nitrogens with one attached hydrogen (secondary N) is 1. The summed E-state index contributed by atoms with van der Waals surface area (Å²) in [6.07, 6.45) is 5.13. The Bertz CT molecular complexity index is 671. The molecular formula is C15H18N4O2. The van der Waals surface area contributed by atoms with Crippen molar-refractivity contribution in [3.63, 3.8) is 0 Å². The molecule has 1 unspecified atom stereocenters. The lowest BCUT2D eigenvalue weighted by Gasteiger charge is -2.16. The minimum atomic E-state index is 0.122. The first kappa shape index (κ1) is 12.6. The van der Waals surface area contributed by atoms with E-state index in [4.69, 9.17) is 4.52 Å². The number of likely N-dealkylation sites (tertiary alicyclic amines) is 1. The van der Waals surface area contributed by atoms with Crippen LogP contribution >= 0.6 is 0 Å². The van der Waals surface area contributed by atoms with Gasteiger partial charge in [-0.15, -0.1) is 0 Å². The maximum atomic E-state index is 12.7. The van der Waals surface area contributed by atoms with E-state index in [9.17, 15) is 4.79 Å². The molecular weight excluding hydrogens is 268 g/mol. The zero-order valence-electron chi connectivity index (χ0n) is 12.0. The molecule has 1 N–H and O–H groups in total. The zero-order valence-corrected chi connectivity index (χ0v) is 12.0. The summed E-state index contributed by atoms with van der Waals surface area (Å²) >= 11 is 0. The number of rotatable bonds is 3. The molecule has 1 atom stereocenters. The van der Waals surface area contributed by atoms with Crippen molar-refractivity contribution in [3.8, 4) is 0 Å². The summed E-state index contributed by atoms with van der Waals surface area (Å²) in [6, 6.07) is 1.90. The van der Waals surface area contributed by atoms with E-state index in [2.05, 4.69) is 15.1 Å². The molecule has 2 aliphatic rings. The van der Waals surface area contributed by atoms with E-state index < -0.39 is 0 Å². The highest BCUT2D eigenvalue weighted by Crippen LogP contribution is 2.41. The van der Waals surface area contributed by atoms with Crippen molar-refractivity contribution in [1.29, 1.82) is 0 Å². The van der Waals surface area contributed by atoms with E-state index >= 15 is 0 Å². The van der Waals surface area contributed by atoms with Gasteiger partial charge in [-0.2, -0.15) is 4.98 Å². The van der Waals surface area contributed by atoms with Gasteiger partial charge >= 0.3 is 0 Å². The van der Waals surface area contributed by atoms with Crippen molar-refractivity contribution in [3.05, 3.63) is 35.2 Å². The Kier molecular flexibility index (Phi) is 2.83. The quantitative estimate of drug-likeness (QED) is 0.938. The van der Waals surface area contributed by atoms with Crippen LogP contribution in [0, 0.1) is 6.92 Å². The lowest BCUT2D eigenvalue weighted by molar-refractivity contribution is 0.0788. The molecule has 0 aromatic carbocycles. The first-order chi connectivity index (χ1) is 10.2. The molecule has 1 saturated carbocycles. The molecule has 2 aromatic heterocycles. The van der Waals surface area contributed by atoms with Gasteiger partial charge in [0.05, 0.1) is 11.5 Å². The molecule has 1 aliphatic heterocycles. The molecule has 4 rings (SSSR count). The van der Waals surface area contributed by atoms with Crippen molar-refractivity contribution in [2.45, 2.75) is 38.0 Å². The highest BCUT2D eigenvalue weighted by molar-refractivity contribution is 5.96. The van der Waals surface area contributed by atoms with Crippen molar-refractivity contribution < 1.29 is 9.32 Å². The largest absolute Gasteiger partial charge is 0.364 e. The molecule has 6 nitrogen and oxygen atoms in total. The molecule has 1 amide bonds. The monoisotopic (exact) mass is 286 g/mol. The Hall–Kier alpha value is -2.11. The molecule has 2 fully saturated rings.